The molecule has 1 fully saturated rings. The number of H-pyrrole nitrogens is 1. The summed E-state index contributed by atoms with van der Waals surface area (Å²) in [5, 5.41) is 7.01. The summed E-state index contributed by atoms with van der Waals surface area (Å²) in [5.41, 5.74) is 3.69. The number of aromatic nitrogens is 3. The molecule has 3 aromatic rings. The monoisotopic (exact) mass is 477 g/mol. The van der Waals surface area contributed by atoms with Gasteiger partial charge in [-0.1, -0.05) is 11.2 Å². The summed E-state index contributed by atoms with van der Waals surface area (Å²) in [7, 11) is 1.38. The molecule has 1 saturated carbocycles. The van der Waals surface area contributed by atoms with E-state index >= 15 is 0 Å². The molecule has 180 valence electrons. The Morgan fingerprint density at radius 3 is 2.83 bits per heavy atom. The summed E-state index contributed by atoms with van der Waals surface area (Å²) >= 11 is 0. The van der Waals surface area contributed by atoms with E-state index in [1.165, 1.54) is 25.3 Å². The number of oxime groups is 1. The first-order valence-corrected chi connectivity index (χ1v) is 11.3. The maximum atomic E-state index is 13.6. The first-order chi connectivity index (χ1) is 16.9. The lowest BCUT2D eigenvalue weighted by Crippen LogP contribution is -2.25. The quantitative estimate of drug-likeness (QED) is 0.539. The fourth-order valence-electron chi connectivity index (χ4n) is 4.11. The lowest BCUT2D eigenvalue weighted by atomic mass is 9.99. The molecule has 35 heavy (non-hydrogen) atoms. The Hall–Kier alpha value is -4.08. The van der Waals surface area contributed by atoms with Crippen molar-refractivity contribution in [2.24, 2.45) is 5.16 Å². The molecule has 2 aromatic heterocycles. The molecule has 1 atom stereocenters. The van der Waals surface area contributed by atoms with E-state index in [0.29, 0.717) is 35.1 Å². The van der Waals surface area contributed by atoms with Gasteiger partial charge in [0, 0.05) is 30.3 Å². The number of halogens is 1. The molecule has 0 spiro atoms. The molecule has 3 heterocycles. The number of carbonyl (C=O) groups excluding carboxylic acids is 1. The van der Waals surface area contributed by atoms with E-state index in [1.807, 2.05) is 0 Å². The molecule has 1 aromatic carbocycles. The number of ether oxygens (including phenoxy) is 1. The minimum atomic E-state index is -0.470. The Bertz CT molecular complexity index is 1380. The lowest BCUT2D eigenvalue weighted by molar-refractivity contribution is 0.0847. The number of carbonyl (C=O) groups is 1. The minimum absolute atomic E-state index is 0.109. The van der Waals surface area contributed by atoms with Crippen molar-refractivity contribution in [3.63, 3.8) is 0 Å². The third-order valence-corrected chi connectivity index (χ3v) is 6.02. The van der Waals surface area contributed by atoms with Crippen LogP contribution in [0.2, 0.25) is 0 Å². The Kier molecular flexibility index (Phi) is 6.02. The molecular weight excluding hydrogens is 453 g/mol. The predicted octanol–water partition coefficient (Wildman–Crippen LogP) is 3.29. The van der Waals surface area contributed by atoms with E-state index in [9.17, 15) is 14.0 Å². The lowest BCUT2D eigenvalue weighted by Gasteiger charge is -2.13. The number of pyridine rings is 1. The van der Waals surface area contributed by atoms with Crippen LogP contribution in [0.15, 0.2) is 46.3 Å². The number of rotatable bonds is 7. The zero-order valence-corrected chi connectivity index (χ0v) is 19.3. The van der Waals surface area contributed by atoms with Crippen molar-refractivity contribution in [1.29, 1.82) is 0 Å². The van der Waals surface area contributed by atoms with Crippen LogP contribution in [0.4, 0.5) is 4.39 Å². The third kappa shape index (κ3) is 4.91. The molecule has 1 unspecified atom stereocenters. The van der Waals surface area contributed by atoms with Crippen molar-refractivity contribution in [2.75, 3.05) is 7.11 Å². The number of methoxy groups -OCH3 is 1. The van der Waals surface area contributed by atoms with Gasteiger partial charge in [0.25, 0.3) is 5.91 Å². The molecule has 9 nitrogen and oxygen atoms in total. The number of amides is 1. The molecule has 1 aliphatic carbocycles. The standard InChI is InChI=1S/C25H24FN5O4/c1-13-28-18(10-20(29-13)25(33)27-12-14-3-7-17(26)22(9-14)34-2)19-11-21(35-31-19)16-6-8-23(32)30-24(16)15-4-5-15/h3,6-10,15,21H,4-5,11-12H2,1-2H3,(H,27,33)(H,30,32). The van der Waals surface area contributed by atoms with Crippen molar-refractivity contribution in [3.05, 3.63) is 86.6 Å². The average Bonchev–Trinajstić information content (AvgIpc) is 3.59. The second-order valence-electron chi connectivity index (χ2n) is 8.64. The first kappa shape index (κ1) is 22.7. The highest BCUT2D eigenvalue weighted by Crippen LogP contribution is 2.43. The van der Waals surface area contributed by atoms with Crippen molar-refractivity contribution in [3.8, 4) is 5.75 Å². The summed E-state index contributed by atoms with van der Waals surface area (Å²) in [6.07, 6.45) is 2.21. The van der Waals surface area contributed by atoms with E-state index in [1.54, 1.807) is 25.1 Å². The smallest absolute Gasteiger partial charge is 0.270 e. The highest BCUT2D eigenvalue weighted by Gasteiger charge is 2.33. The van der Waals surface area contributed by atoms with Gasteiger partial charge in [-0.15, -0.1) is 0 Å². The summed E-state index contributed by atoms with van der Waals surface area (Å²) in [6, 6.07) is 9.27. The number of benzene rings is 1. The van der Waals surface area contributed by atoms with Crippen molar-refractivity contribution in [1.82, 2.24) is 20.3 Å². The van der Waals surface area contributed by atoms with Gasteiger partial charge < -0.3 is 19.9 Å². The number of hydrogen-bond acceptors (Lipinski definition) is 7. The predicted molar refractivity (Wildman–Crippen MR) is 125 cm³/mol. The number of aryl methyl sites for hydroxylation is 1. The van der Waals surface area contributed by atoms with Crippen LogP contribution in [0.25, 0.3) is 0 Å². The molecule has 10 heteroatoms. The SMILES string of the molecule is COc1cc(CNC(=O)c2cc(C3=NOC(c4ccc(=O)[nH]c4C4CC4)C3)nc(C)n2)ccc1F. The molecule has 2 N–H and O–H groups in total. The second-order valence-corrected chi connectivity index (χ2v) is 8.64. The Morgan fingerprint density at radius 2 is 2.06 bits per heavy atom. The Morgan fingerprint density at radius 1 is 1.23 bits per heavy atom. The van der Waals surface area contributed by atoms with Crippen molar-refractivity contribution >= 4 is 11.6 Å². The van der Waals surface area contributed by atoms with E-state index in [-0.39, 0.29) is 29.7 Å². The third-order valence-electron chi connectivity index (χ3n) is 6.02. The summed E-state index contributed by atoms with van der Waals surface area (Å²) < 4.78 is 18.6. The molecule has 0 radical (unpaired) electrons. The fraction of sp³-hybridized carbons (Fsp3) is 0.320. The van der Waals surface area contributed by atoms with Gasteiger partial charge in [-0.25, -0.2) is 14.4 Å². The number of hydrogen-bond donors (Lipinski definition) is 2. The highest BCUT2D eigenvalue weighted by molar-refractivity contribution is 6.02. The zero-order valence-electron chi connectivity index (χ0n) is 19.3. The summed E-state index contributed by atoms with van der Waals surface area (Å²) in [6.45, 7) is 1.88. The van der Waals surface area contributed by atoms with Crippen LogP contribution < -0.4 is 15.6 Å². The van der Waals surface area contributed by atoms with Crippen LogP contribution in [0.5, 0.6) is 5.75 Å². The van der Waals surface area contributed by atoms with Crippen LogP contribution in [0, 0.1) is 12.7 Å². The van der Waals surface area contributed by atoms with Crippen LogP contribution in [-0.2, 0) is 11.4 Å². The van der Waals surface area contributed by atoms with Crippen molar-refractivity contribution < 1.29 is 18.8 Å². The largest absolute Gasteiger partial charge is 0.494 e. The van der Waals surface area contributed by atoms with Gasteiger partial charge in [0.05, 0.1) is 12.8 Å². The average molecular weight is 477 g/mol. The maximum absolute atomic E-state index is 13.6. The van der Waals surface area contributed by atoms with Gasteiger partial charge in [-0.2, -0.15) is 0 Å². The Balaban J connectivity index is 1.30. The first-order valence-electron chi connectivity index (χ1n) is 11.3. The van der Waals surface area contributed by atoms with Gasteiger partial charge in [0.1, 0.15) is 17.2 Å². The number of aromatic amines is 1. The topological polar surface area (TPSA) is 119 Å². The maximum Gasteiger partial charge on any atom is 0.270 e. The van der Waals surface area contributed by atoms with Gasteiger partial charge in [-0.05, 0) is 55.5 Å². The molecule has 1 amide bonds. The normalized spacial score (nSPS) is 17.0. The summed E-state index contributed by atoms with van der Waals surface area (Å²) in [4.78, 5) is 41.9. The Labute approximate surface area is 200 Å². The van der Waals surface area contributed by atoms with Crippen molar-refractivity contribution in [2.45, 2.75) is 44.8 Å². The van der Waals surface area contributed by atoms with Crippen LogP contribution in [0.3, 0.4) is 0 Å². The molecule has 0 saturated heterocycles. The molecule has 2 aliphatic rings. The number of nitrogens with one attached hydrogen (secondary N) is 2. The van der Waals surface area contributed by atoms with E-state index < -0.39 is 11.7 Å². The molecule has 1 aliphatic heterocycles. The fourth-order valence-corrected chi connectivity index (χ4v) is 4.11. The van der Waals surface area contributed by atoms with Crippen LogP contribution in [-0.4, -0.2) is 33.7 Å². The van der Waals surface area contributed by atoms with Gasteiger partial charge >= 0.3 is 0 Å². The van der Waals surface area contributed by atoms with Gasteiger partial charge in [-0.3, -0.25) is 9.59 Å². The molecular formula is C25H24FN5O4. The van der Waals surface area contributed by atoms with Gasteiger partial charge in [0.15, 0.2) is 17.7 Å². The van der Waals surface area contributed by atoms with Crippen LogP contribution in [0.1, 0.15) is 70.1 Å². The van der Waals surface area contributed by atoms with Crippen LogP contribution >= 0.6 is 0 Å². The second kappa shape index (κ2) is 9.28. The number of nitrogens with zero attached hydrogens (tertiary/aromatic N) is 3. The van der Waals surface area contributed by atoms with Gasteiger partial charge in [0.2, 0.25) is 5.56 Å². The zero-order chi connectivity index (χ0) is 24.5. The van der Waals surface area contributed by atoms with E-state index in [2.05, 4.69) is 25.4 Å². The minimum Gasteiger partial charge on any atom is -0.494 e. The molecule has 5 rings (SSSR count). The summed E-state index contributed by atoms with van der Waals surface area (Å²) in [5.74, 6) is 0.0163. The van der Waals surface area contributed by atoms with E-state index in [0.717, 1.165) is 24.1 Å². The molecule has 0 bridgehead atoms. The van der Waals surface area contributed by atoms with E-state index in [4.69, 9.17) is 9.57 Å². The highest BCUT2D eigenvalue weighted by atomic mass is 19.1.